The van der Waals surface area contributed by atoms with Gasteiger partial charge in [-0.15, -0.1) is 0 Å². The third kappa shape index (κ3) is 6.56. The Morgan fingerprint density at radius 2 is 1.53 bits per heavy atom. The largest absolute Gasteiger partial charge is 0.494 e. The van der Waals surface area contributed by atoms with Crippen LogP contribution in [0.25, 0.3) is 12.2 Å². The smallest absolute Gasteiger partial charge is 0.309 e. The fraction of sp³-hybridized carbons (Fsp3) is 0.393. The van der Waals surface area contributed by atoms with Crippen LogP contribution in [0.4, 0.5) is 5.69 Å². The molecule has 0 N–H and O–H groups in total. The minimum absolute atomic E-state index is 0.00813. The van der Waals surface area contributed by atoms with Crippen molar-refractivity contribution in [3.8, 4) is 5.75 Å². The van der Waals surface area contributed by atoms with Crippen molar-refractivity contribution in [1.82, 2.24) is 0 Å². The lowest BCUT2D eigenvalue weighted by atomic mass is 9.94. The third-order valence-corrected chi connectivity index (χ3v) is 6.59. The fourth-order valence-electron chi connectivity index (χ4n) is 4.65. The number of allylic oxidation sites excluding steroid dienone is 2. The van der Waals surface area contributed by atoms with Crippen LogP contribution in [0, 0.1) is 27.9 Å². The lowest BCUT2D eigenvalue weighted by Gasteiger charge is -2.16. The van der Waals surface area contributed by atoms with Gasteiger partial charge in [-0.25, -0.2) is 0 Å². The number of ether oxygens (including phenoxy) is 2. The molecule has 4 rings (SSSR count). The number of benzene rings is 2. The molecule has 2 aliphatic rings. The number of hydrogen-bond donors (Lipinski definition) is 0. The summed E-state index contributed by atoms with van der Waals surface area (Å²) >= 11 is 0. The van der Waals surface area contributed by atoms with Crippen molar-refractivity contribution < 1.29 is 19.2 Å². The lowest BCUT2D eigenvalue weighted by molar-refractivity contribution is -0.384. The van der Waals surface area contributed by atoms with Gasteiger partial charge in [0.1, 0.15) is 5.75 Å². The Kier molecular flexibility index (Phi) is 8.12. The first kappa shape index (κ1) is 23.7. The highest BCUT2D eigenvalue weighted by molar-refractivity contribution is 5.74. The van der Waals surface area contributed by atoms with Gasteiger partial charge in [-0.1, -0.05) is 36.4 Å². The fourth-order valence-corrected chi connectivity index (χ4v) is 4.65. The van der Waals surface area contributed by atoms with Gasteiger partial charge in [0.05, 0.1) is 24.1 Å². The van der Waals surface area contributed by atoms with E-state index in [4.69, 9.17) is 9.47 Å². The van der Waals surface area contributed by atoms with E-state index in [1.165, 1.54) is 12.1 Å². The average molecular weight is 462 g/mol. The van der Waals surface area contributed by atoms with Crippen LogP contribution >= 0.6 is 0 Å². The van der Waals surface area contributed by atoms with Gasteiger partial charge in [0.2, 0.25) is 0 Å². The van der Waals surface area contributed by atoms with Crippen molar-refractivity contribution in [3.63, 3.8) is 0 Å². The van der Waals surface area contributed by atoms with Gasteiger partial charge >= 0.3 is 5.97 Å². The number of rotatable bonds is 12. The summed E-state index contributed by atoms with van der Waals surface area (Å²) in [6.07, 6.45) is 14.3. The maximum atomic E-state index is 12.2. The van der Waals surface area contributed by atoms with E-state index in [0.717, 1.165) is 55.4 Å². The number of non-ortho nitro benzene ring substituents is 1. The number of hydrogen-bond acceptors (Lipinski definition) is 5. The molecule has 3 unspecified atom stereocenters. The number of fused-ring (bicyclic) bond motifs is 2. The summed E-state index contributed by atoms with van der Waals surface area (Å²) in [5, 5.41) is 10.7. The zero-order chi connectivity index (χ0) is 23.8. The molecule has 34 heavy (non-hydrogen) atoms. The summed E-state index contributed by atoms with van der Waals surface area (Å²) in [4.78, 5) is 22.5. The number of carbonyl (C=O) groups is 1. The van der Waals surface area contributed by atoms with E-state index < -0.39 is 4.92 Å². The molecule has 0 saturated heterocycles. The maximum absolute atomic E-state index is 12.2. The Hall–Kier alpha value is -3.41. The molecule has 2 aliphatic carbocycles. The predicted octanol–water partition coefficient (Wildman–Crippen LogP) is 6.46. The summed E-state index contributed by atoms with van der Waals surface area (Å²) in [6.45, 7) is 1.18. The number of nitro benzene ring substituents is 1. The van der Waals surface area contributed by atoms with E-state index in [-0.39, 0.29) is 17.6 Å². The van der Waals surface area contributed by atoms with E-state index in [2.05, 4.69) is 12.2 Å². The number of nitro groups is 1. The molecule has 2 aromatic carbocycles. The second kappa shape index (κ2) is 11.6. The van der Waals surface area contributed by atoms with Crippen LogP contribution in [0.2, 0.25) is 0 Å². The minimum Gasteiger partial charge on any atom is -0.494 e. The van der Waals surface area contributed by atoms with Crippen LogP contribution in [0.1, 0.15) is 49.7 Å². The molecule has 2 aromatic rings. The molecule has 0 heterocycles. The second-order valence-electron chi connectivity index (χ2n) is 9.07. The van der Waals surface area contributed by atoms with Crippen LogP contribution in [0.5, 0.6) is 5.75 Å². The maximum Gasteiger partial charge on any atom is 0.309 e. The second-order valence-corrected chi connectivity index (χ2v) is 9.07. The van der Waals surface area contributed by atoms with Crippen molar-refractivity contribution in [1.29, 1.82) is 0 Å². The SMILES string of the molecule is O=C(OCCCCCCOc1ccc(/C=C/c2ccc([N+](=O)[O-])cc2)cc1)C1CC2C=CC1C2. The van der Waals surface area contributed by atoms with E-state index in [1.807, 2.05) is 36.4 Å². The molecular weight excluding hydrogens is 430 g/mol. The van der Waals surface area contributed by atoms with Gasteiger partial charge < -0.3 is 9.47 Å². The highest BCUT2D eigenvalue weighted by atomic mass is 16.6. The lowest BCUT2D eigenvalue weighted by Crippen LogP contribution is -2.22. The monoisotopic (exact) mass is 461 g/mol. The number of nitrogens with zero attached hydrogens (tertiary/aromatic N) is 1. The van der Waals surface area contributed by atoms with Crippen molar-refractivity contribution in [2.45, 2.75) is 38.5 Å². The molecule has 0 radical (unpaired) electrons. The molecule has 3 atom stereocenters. The molecule has 1 saturated carbocycles. The zero-order valence-corrected chi connectivity index (χ0v) is 19.3. The van der Waals surface area contributed by atoms with Crippen molar-refractivity contribution in [3.05, 3.63) is 81.9 Å². The van der Waals surface area contributed by atoms with Gasteiger partial charge in [0.25, 0.3) is 5.69 Å². The third-order valence-electron chi connectivity index (χ3n) is 6.59. The molecule has 1 fully saturated rings. The molecule has 6 heteroatoms. The van der Waals surface area contributed by atoms with Gasteiger partial charge in [-0.05, 0) is 85.8 Å². The van der Waals surface area contributed by atoms with Crippen LogP contribution in [0.3, 0.4) is 0 Å². The molecule has 178 valence electrons. The quantitative estimate of drug-likeness (QED) is 0.0905. The van der Waals surface area contributed by atoms with Crippen molar-refractivity contribution in [2.75, 3.05) is 13.2 Å². The molecule has 0 spiro atoms. The molecule has 6 nitrogen and oxygen atoms in total. The van der Waals surface area contributed by atoms with Crippen LogP contribution in [0.15, 0.2) is 60.7 Å². The standard InChI is InChI=1S/C28H31NO5/c30-28(27-20-23-7-12-24(27)19-23)34-18-4-2-1-3-17-33-26-15-10-22(11-16-26)6-5-21-8-13-25(14-9-21)29(31)32/h5-16,23-24,27H,1-4,17-20H2/b6-5+. The summed E-state index contributed by atoms with van der Waals surface area (Å²) in [5.74, 6) is 1.92. The Labute approximate surface area is 200 Å². The van der Waals surface area contributed by atoms with Crippen molar-refractivity contribution in [2.24, 2.45) is 17.8 Å². The Balaban J connectivity index is 1.06. The van der Waals surface area contributed by atoms with Gasteiger partial charge in [0, 0.05) is 12.1 Å². The molecule has 2 bridgehead atoms. The van der Waals surface area contributed by atoms with Crippen LogP contribution < -0.4 is 4.74 Å². The first-order chi connectivity index (χ1) is 16.6. The average Bonchev–Trinajstić information content (AvgIpc) is 3.49. The van der Waals surface area contributed by atoms with Gasteiger partial charge in [0.15, 0.2) is 0 Å². The zero-order valence-electron chi connectivity index (χ0n) is 19.3. The summed E-state index contributed by atoms with van der Waals surface area (Å²) in [7, 11) is 0. The predicted molar refractivity (Wildman–Crippen MR) is 132 cm³/mol. The van der Waals surface area contributed by atoms with E-state index in [1.54, 1.807) is 12.1 Å². The molecule has 0 aromatic heterocycles. The van der Waals surface area contributed by atoms with E-state index in [0.29, 0.717) is 25.0 Å². The van der Waals surface area contributed by atoms with Gasteiger partial charge in [-0.2, -0.15) is 0 Å². The molecule has 0 amide bonds. The number of carbonyl (C=O) groups excluding carboxylic acids is 1. The topological polar surface area (TPSA) is 78.7 Å². The minimum atomic E-state index is -0.401. The Morgan fingerprint density at radius 3 is 2.12 bits per heavy atom. The molecular formula is C28H31NO5. The molecule has 0 aliphatic heterocycles. The Morgan fingerprint density at radius 1 is 0.882 bits per heavy atom. The number of unbranched alkanes of at least 4 members (excludes halogenated alkanes) is 3. The van der Waals surface area contributed by atoms with Crippen molar-refractivity contribution >= 4 is 23.8 Å². The van der Waals surface area contributed by atoms with Gasteiger partial charge in [-0.3, -0.25) is 14.9 Å². The van der Waals surface area contributed by atoms with E-state index in [9.17, 15) is 14.9 Å². The van der Waals surface area contributed by atoms with Crippen LogP contribution in [-0.2, 0) is 9.53 Å². The highest BCUT2D eigenvalue weighted by Gasteiger charge is 2.40. The number of esters is 1. The van der Waals surface area contributed by atoms with Crippen LogP contribution in [-0.4, -0.2) is 24.1 Å². The first-order valence-electron chi connectivity index (χ1n) is 12.1. The summed E-state index contributed by atoms with van der Waals surface area (Å²) in [6, 6.07) is 14.3. The Bertz CT molecular complexity index is 1030. The van der Waals surface area contributed by atoms with E-state index >= 15 is 0 Å². The normalized spacial score (nSPS) is 20.6. The summed E-state index contributed by atoms with van der Waals surface area (Å²) in [5.41, 5.74) is 2.02. The highest BCUT2D eigenvalue weighted by Crippen LogP contribution is 2.43. The summed E-state index contributed by atoms with van der Waals surface area (Å²) < 4.78 is 11.3. The first-order valence-corrected chi connectivity index (χ1v) is 12.1.